The van der Waals surface area contributed by atoms with Crippen LogP contribution in [0.3, 0.4) is 0 Å². The molecule has 8 nitrogen and oxygen atoms in total. The fraction of sp³-hybridized carbons (Fsp3) is 0.913. The molecule has 0 bridgehead atoms. The molecule has 0 radical (unpaired) electrons. The number of amides is 1. The Morgan fingerprint density at radius 1 is 1.10 bits per heavy atom. The van der Waals surface area contributed by atoms with Crippen molar-refractivity contribution >= 4 is 12.1 Å². The first-order valence-electron chi connectivity index (χ1n) is 12.0. The highest BCUT2D eigenvalue weighted by molar-refractivity contribution is 5.80. The Bertz CT molecular complexity index is 622. The van der Waals surface area contributed by atoms with Gasteiger partial charge in [0.05, 0.1) is 0 Å². The molecule has 1 aliphatic carbocycles. The predicted octanol–water partition coefficient (Wildman–Crippen LogP) is 1.92. The molecule has 2 saturated heterocycles. The van der Waals surface area contributed by atoms with Gasteiger partial charge in [0.2, 0.25) is 0 Å². The molecule has 2 aliphatic heterocycles. The summed E-state index contributed by atoms with van der Waals surface area (Å²) in [7, 11) is 6.27. The lowest BCUT2D eigenvalue weighted by atomic mass is 10.0. The first-order valence-corrected chi connectivity index (χ1v) is 12.0. The molecular weight excluding hydrogens is 392 g/mol. The van der Waals surface area contributed by atoms with E-state index in [1.165, 1.54) is 12.8 Å². The Morgan fingerprint density at radius 3 is 2.35 bits per heavy atom. The number of likely N-dealkylation sites (N-methyl/N-ethyl adjacent to an activating group) is 2. The second kappa shape index (κ2) is 10.4. The molecule has 0 aromatic rings. The zero-order chi connectivity index (χ0) is 22.6. The number of aliphatic imine (C=N–C) groups is 1. The van der Waals surface area contributed by atoms with E-state index < -0.39 is 5.60 Å². The van der Waals surface area contributed by atoms with Crippen LogP contribution in [0.2, 0.25) is 0 Å². The highest BCUT2D eigenvalue weighted by atomic mass is 16.6. The third-order valence-electron chi connectivity index (χ3n) is 6.67. The second-order valence-corrected chi connectivity index (χ2v) is 10.6. The summed E-state index contributed by atoms with van der Waals surface area (Å²) in [5.74, 6) is 1.64. The SMILES string of the molecule is CN=C(NCC1CN(C)CCN1C)N1CCC(N(CC2CC2)C(=O)OC(C)(C)C)CC1. The molecule has 178 valence electrons. The molecule has 1 saturated carbocycles. The Hall–Kier alpha value is -1.54. The molecule has 3 rings (SSSR count). The normalized spacial score (nSPS) is 24.9. The van der Waals surface area contributed by atoms with Gasteiger partial charge in [-0.25, -0.2) is 4.79 Å². The highest BCUT2D eigenvalue weighted by Crippen LogP contribution is 2.32. The Kier molecular flexibility index (Phi) is 8.08. The van der Waals surface area contributed by atoms with Gasteiger partial charge in [-0.2, -0.15) is 0 Å². The van der Waals surface area contributed by atoms with Crippen LogP contribution in [0.5, 0.6) is 0 Å². The van der Waals surface area contributed by atoms with E-state index in [1.54, 1.807) is 0 Å². The number of nitrogens with zero attached hydrogens (tertiary/aromatic N) is 5. The maximum Gasteiger partial charge on any atom is 0.410 e. The van der Waals surface area contributed by atoms with E-state index in [4.69, 9.17) is 4.74 Å². The Morgan fingerprint density at radius 2 is 1.77 bits per heavy atom. The quantitative estimate of drug-likeness (QED) is 0.525. The summed E-state index contributed by atoms with van der Waals surface area (Å²) in [6.45, 7) is 12.7. The van der Waals surface area contributed by atoms with Crippen molar-refractivity contribution in [3.05, 3.63) is 0 Å². The standard InChI is InChI=1S/C23H44N6O2/c1-23(2,3)31-22(30)29(16-18-7-8-18)19-9-11-28(12-10-19)21(24-4)25-15-20-17-26(5)13-14-27(20)6/h18-20H,7-17H2,1-6H3,(H,24,25). The number of likely N-dealkylation sites (tertiary alicyclic amines) is 1. The molecule has 0 aromatic heterocycles. The lowest BCUT2D eigenvalue weighted by molar-refractivity contribution is 0.00926. The molecule has 1 atom stereocenters. The van der Waals surface area contributed by atoms with Crippen molar-refractivity contribution in [3.8, 4) is 0 Å². The molecule has 0 spiro atoms. The average Bonchev–Trinajstić information content (AvgIpc) is 3.52. The molecule has 1 unspecified atom stereocenters. The number of piperazine rings is 1. The van der Waals surface area contributed by atoms with Crippen LogP contribution in [0.4, 0.5) is 4.79 Å². The van der Waals surface area contributed by atoms with Crippen molar-refractivity contribution < 1.29 is 9.53 Å². The first-order chi connectivity index (χ1) is 14.7. The van der Waals surface area contributed by atoms with Crippen molar-refractivity contribution in [2.45, 2.75) is 64.1 Å². The number of hydrogen-bond donors (Lipinski definition) is 1. The van der Waals surface area contributed by atoms with E-state index in [0.717, 1.165) is 64.6 Å². The largest absolute Gasteiger partial charge is 0.444 e. The lowest BCUT2D eigenvalue weighted by Crippen LogP contribution is -2.57. The van der Waals surface area contributed by atoms with Gasteiger partial charge in [0, 0.05) is 64.9 Å². The van der Waals surface area contributed by atoms with Crippen molar-refractivity contribution in [2.75, 3.05) is 67.0 Å². The second-order valence-electron chi connectivity index (χ2n) is 10.6. The highest BCUT2D eigenvalue weighted by Gasteiger charge is 2.35. The van der Waals surface area contributed by atoms with E-state index in [9.17, 15) is 4.79 Å². The number of carbonyl (C=O) groups excluding carboxylic acids is 1. The number of hydrogen-bond acceptors (Lipinski definition) is 5. The summed E-state index contributed by atoms with van der Waals surface area (Å²) in [6, 6.07) is 0.747. The smallest absolute Gasteiger partial charge is 0.410 e. The lowest BCUT2D eigenvalue weighted by Gasteiger charge is -2.41. The molecule has 8 heteroatoms. The van der Waals surface area contributed by atoms with Crippen LogP contribution in [0.15, 0.2) is 4.99 Å². The third-order valence-corrected chi connectivity index (χ3v) is 6.67. The topological polar surface area (TPSA) is 63.7 Å². The van der Waals surface area contributed by atoms with E-state index in [-0.39, 0.29) is 12.1 Å². The van der Waals surface area contributed by atoms with Crippen LogP contribution in [0, 0.1) is 5.92 Å². The minimum absolute atomic E-state index is 0.148. The minimum atomic E-state index is -0.452. The molecule has 2 heterocycles. The monoisotopic (exact) mass is 436 g/mol. The van der Waals surface area contributed by atoms with E-state index in [1.807, 2.05) is 32.7 Å². The molecule has 31 heavy (non-hydrogen) atoms. The summed E-state index contributed by atoms with van der Waals surface area (Å²) < 4.78 is 5.73. The van der Waals surface area contributed by atoms with Gasteiger partial charge < -0.3 is 24.8 Å². The van der Waals surface area contributed by atoms with Crippen LogP contribution >= 0.6 is 0 Å². The van der Waals surface area contributed by atoms with Gasteiger partial charge in [-0.15, -0.1) is 0 Å². The van der Waals surface area contributed by atoms with Gasteiger partial charge in [0.1, 0.15) is 5.60 Å². The van der Waals surface area contributed by atoms with Crippen molar-refractivity contribution in [1.82, 2.24) is 24.9 Å². The summed E-state index contributed by atoms with van der Waals surface area (Å²) >= 11 is 0. The van der Waals surface area contributed by atoms with Crippen molar-refractivity contribution in [3.63, 3.8) is 0 Å². The summed E-state index contributed by atoms with van der Waals surface area (Å²) in [5, 5.41) is 3.60. The van der Waals surface area contributed by atoms with Crippen LogP contribution in [0.1, 0.15) is 46.5 Å². The minimum Gasteiger partial charge on any atom is -0.444 e. The van der Waals surface area contributed by atoms with Gasteiger partial charge in [0.25, 0.3) is 0 Å². The fourth-order valence-electron chi connectivity index (χ4n) is 4.52. The maximum atomic E-state index is 12.9. The van der Waals surface area contributed by atoms with E-state index in [2.05, 4.69) is 39.1 Å². The number of carbonyl (C=O) groups is 1. The van der Waals surface area contributed by atoms with Gasteiger partial charge in [-0.05, 0) is 66.5 Å². The van der Waals surface area contributed by atoms with Gasteiger partial charge in [0.15, 0.2) is 5.96 Å². The van der Waals surface area contributed by atoms with Crippen LogP contribution in [0.25, 0.3) is 0 Å². The van der Waals surface area contributed by atoms with Crippen molar-refractivity contribution in [2.24, 2.45) is 10.9 Å². The summed E-state index contributed by atoms with van der Waals surface area (Å²) in [4.78, 5) is 26.6. The van der Waals surface area contributed by atoms with Crippen LogP contribution < -0.4 is 5.32 Å². The number of nitrogens with one attached hydrogen (secondary N) is 1. The molecule has 3 aliphatic rings. The van der Waals surface area contributed by atoms with Gasteiger partial charge >= 0.3 is 6.09 Å². The number of rotatable bonds is 5. The average molecular weight is 437 g/mol. The summed E-state index contributed by atoms with van der Waals surface area (Å²) in [5.41, 5.74) is -0.452. The first kappa shape index (κ1) is 24.1. The molecule has 3 fully saturated rings. The molecule has 0 aromatic carbocycles. The Balaban J connectivity index is 1.51. The van der Waals surface area contributed by atoms with E-state index >= 15 is 0 Å². The van der Waals surface area contributed by atoms with Crippen LogP contribution in [-0.2, 0) is 4.74 Å². The Labute approximate surface area is 189 Å². The zero-order valence-electron chi connectivity index (χ0n) is 20.6. The van der Waals surface area contributed by atoms with E-state index in [0.29, 0.717) is 12.0 Å². The predicted molar refractivity (Wildman–Crippen MR) is 126 cm³/mol. The number of ether oxygens (including phenoxy) is 1. The molecule has 1 amide bonds. The van der Waals surface area contributed by atoms with Crippen LogP contribution in [-0.4, -0.2) is 116 Å². The third kappa shape index (κ3) is 7.24. The zero-order valence-corrected chi connectivity index (χ0v) is 20.6. The fourth-order valence-corrected chi connectivity index (χ4v) is 4.52. The molecular formula is C23H44N6O2. The molecule has 1 N–H and O–H groups in total. The summed E-state index contributed by atoms with van der Waals surface area (Å²) in [6.07, 6.45) is 4.24. The number of piperidine rings is 1. The van der Waals surface area contributed by atoms with Gasteiger partial charge in [-0.3, -0.25) is 9.89 Å². The van der Waals surface area contributed by atoms with Crippen molar-refractivity contribution in [1.29, 1.82) is 0 Å². The maximum absolute atomic E-state index is 12.9. The van der Waals surface area contributed by atoms with Gasteiger partial charge in [-0.1, -0.05) is 0 Å². The number of guanidine groups is 1.